The Morgan fingerprint density at radius 3 is 2.81 bits per heavy atom. The number of fused-ring (bicyclic) bond motifs is 1. The lowest BCUT2D eigenvalue weighted by molar-refractivity contribution is 0.0601. The number of H-pyrrole nitrogens is 2. The Morgan fingerprint density at radius 1 is 1.15 bits per heavy atom. The number of methoxy groups -OCH3 is 1. The molecule has 0 saturated heterocycles. The molecule has 0 aliphatic rings. The third kappa shape index (κ3) is 3.02. The fourth-order valence-electron chi connectivity index (χ4n) is 2.67. The Morgan fingerprint density at radius 2 is 2.00 bits per heavy atom. The van der Waals surface area contributed by atoms with Gasteiger partial charge in [0, 0.05) is 5.39 Å². The van der Waals surface area contributed by atoms with Gasteiger partial charge in [0.1, 0.15) is 18.1 Å². The smallest absolute Gasteiger partial charge is 0.337 e. The number of para-hydroxylation sites is 1. The van der Waals surface area contributed by atoms with Crippen molar-refractivity contribution in [1.82, 2.24) is 20.2 Å². The quantitative estimate of drug-likeness (QED) is 0.540. The van der Waals surface area contributed by atoms with Crippen LogP contribution in [0.25, 0.3) is 22.4 Å². The van der Waals surface area contributed by atoms with Crippen LogP contribution in [-0.4, -0.2) is 33.2 Å². The van der Waals surface area contributed by atoms with Crippen molar-refractivity contribution < 1.29 is 14.3 Å². The standard InChI is InChI=1S/C19H16N4O3/c1-25-19(24)12-7-8-16-15(9-12)17(23-22-16)18-20-10-13(21-18)11-26-14-5-3-2-4-6-14/h2-10H,11H2,1H3,(H,20,21)(H,22,23). The Hall–Kier alpha value is -3.61. The van der Waals surface area contributed by atoms with Crippen molar-refractivity contribution in [3.63, 3.8) is 0 Å². The summed E-state index contributed by atoms with van der Waals surface area (Å²) in [4.78, 5) is 19.3. The second kappa shape index (κ2) is 6.72. The monoisotopic (exact) mass is 348 g/mol. The molecular weight excluding hydrogens is 332 g/mol. The van der Waals surface area contributed by atoms with Gasteiger partial charge >= 0.3 is 5.97 Å². The van der Waals surface area contributed by atoms with Crippen molar-refractivity contribution in [2.24, 2.45) is 0 Å². The fraction of sp³-hybridized carbons (Fsp3) is 0.105. The Bertz CT molecular complexity index is 1050. The van der Waals surface area contributed by atoms with Crippen molar-refractivity contribution in [2.75, 3.05) is 7.11 Å². The molecule has 4 aromatic rings. The van der Waals surface area contributed by atoms with Crippen LogP contribution in [0.4, 0.5) is 0 Å². The van der Waals surface area contributed by atoms with E-state index in [1.807, 2.05) is 30.3 Å². The number of esters is 1. The molecule has 2 N–H and O–H groups in total. The number of imidazole rings is 1. The summed E-state index contributed by atoms with van der Waals surface area (Å²) < 4.78 is 10.5. The van der Waals surface area contributed by atoms with Crippen molar-refractivity contribution in [2.45, 2.75) is 6.61 Å². The SMILES string of the molecule is COC(=O)c1ccc2[nH]nc(-c3ncc(COc4ccccc4)[nH]3)c2c1. The van der Waals surface area contributed by atoms with Gasteiger partial charge in [-0.1, -0.05) is 18.2 Å². The highest BCUT2D eigenvalue weighted by Crippen LogP contribution is 2.25. The van der Waals surface area contributed by atoms with Gasteiger partial charge in [0.2, 0.25) is 0 Å². The van der Waals surface area contributed by atoms with Crippen LogP contribution >= 0.6 is 0 Å². The van der Waals surface area contributed by atoms with Gasteiger partial charge in [-0.15, -0.1) is 0 Å². The maximum Gasteiger partial charge on any atom is 0.337 e. The van der Waals surface area contributed by atoms with Crippen LogP contribution < -0.4 is 4.74 Å². The zero-order chi connectivity index (χ0) is 17.9. The predicted molar refractivity (Wildman–Crippen MR) is 95.8 cm³/mol. The fourth-order valence-corrected chi connectivity index (χ4v) is 2.67. The number of nitrogens with one attached hydrogen (secondary N) is 2. The average molecular weight is 348 g/mol. The lowest BCUT2D eigenvalue weighted by Crippen LogP contribution is -2.00. The van der Waals surface area contributed by atoms with Crippen molar-refractivity contribution >= 4 is 16.9 Å². The van der Waals surface area contributed by atoms with Gasteiger partial charge in [0.05, 0.1) is 30.1 Å². The number of carbonyl (C=O) groups excluding carboxylic acids is 1. The van der Waals surface area contributed by atoms with Gasteiger partial charge < -0.3 is 14.5 Å². The lowest BCUT2D eigenvalue weighted by atomic mass is 10.1. The minimum absolute atomic E-state index is 0.368. The van der Waals surface area contributed by atoms with E-state index in [4.69, 9.17) is 9.47 Å². The third-order valence-electron chi connectivity index (χ3n) is 3.97. The summed E-state index contributed by atoms with van der Waals surface area (Å²) >= 11 is 0. The molecule has 130 valence electrons. The molecule has 0 unspecified atom stereocenters. The summed E-state index contributed by atoms with van der Waals surface area (Å²) in [6.45, 7) is 0.368. The molecule has 0 amide bonds. The van der Waals surface area contributed by atoms with E-state index in [1.165, 1.54) is 7.11 Å². The first kappa shape index (κ1) is 15.9. The molecule has 0 aliphatic carbocycles. The van der Waals surface area contributed by atoms with Crippen LogP contribution in [0.2, 0.25) is 0 Å². The van der Waals surface area contributed by atoms with Crippen LogP contribution in [0, 0.1) is 0 Å². The molecule has 0 spiro atoms. The number of benzene rings is 2. The maximum absolute atomic E-state index is 11.8. The predicted octanol–water partition coefficient (Wildman–Crippen LogP) is 3.32. The zero-order valence-electron chi connectivity index (χ0n) is 14.0. The molecule has 7 nitrogen and oxygen atoms in total. The number of aromatic amines is 2. The zero-order valence-corrected chi connectivity index (χ0v) is 14.0. The normalized spacial score (nSPS) is 10.8. The molecule has 0 saturated carbocycles. The highest BCUT2D eigenvalue weighted by atomic mass is 16.5. The van der Waals surface area contributed by atoms with Crippen molar-refractivity contribution in [3.05, 3.63) is 66.0 Å². The Balaban J connectivity index is 1.59. The van der Waals surface area contributed by atoms with E-state index in [2.05, 4.69) is 20.2 Å². The second-order valence-corrected chi connectivity index (χ2v) is 5.68. The molecule has 0 radical (unpaired) electrons. The van der Waals surface area contributed by atoms with Crippen LogP contribution in [0.1, 0.15) is 16.1 Å². The average Bonchev–Trinajstić information content (AvgIpc) is 3.32. The van der Waals surface area contributed by atoms with E-state index >= 15 is 0 Å². The molecule has 0 aliphatic heterocycles. The van der Waals surface area contributed by atoms with E-state index in [0.717, 1.165) is 22.3 Å². The van der Waals surface area contributed by atoms with E-state index in [9.17, 15) is 4.79 Å². The molecule has 7 heteroatoms. The molecule has 26 heavy (non-hydrogen) atoms. The Labute approximate surface area is 149 Å². The Kier molecular flexibility index (Phi) is 4.10. The van der Waals surface area contributed by atoms with E-state index < -0.39 is 5.97 Å². The number of rotatable bonds is 5. The number of nitrogens with zero attached hydrogens (tertiary/aromatic N) is 2. The summed E-state index contributed by atoms with van der Waals surface area (Å²) in [5.74, 6) is 0.997. The first-order valence-electron chi connectivity index (χ1n) is 8.03. The van der Waals surface area contributed by atoms with Crippen LogP contribution in [0.3, 0.4) is 0 Å². The van der Waals surface area contributed by atoms with Gasteiger partial charge in [-0.3, -0.25) is 5.10 Å². The molecular formula is C19H16N4O3. The minimum atomic E-state index is -0.393. The van der Waals surface area contributed by atoms with Crippen molar-refractivity contribution in [1.29, 1.82) is 0 Å². The summed E-state index contributed by atoms with van der Waals surface area (Å²) in [5.41, 5.74) is 2.73. The number of carbonyl (C=O) groups is 1. The summed E-state index contributed by atoms with van der Waals surface area (Å²) in [7, 11) is 1.36. The van der Waals surface area contributed by atoms with Crippen molar-refractivity contribution in [3.8, 4) is 17.3 Å². The molecule has 4 rings (SSSR count). The topological polar surface area (TPSA) is 92.9 Å². The molecule has 0 fully saturated rings. The number of hydrogen-bond donors (Lipinski definition) is 2. The summed E-state index contributed by atoms with van der Waals surface area (Å²) in [6, 6.07) is 14.8. The molecule has 2 heterocycles. The summed E-state index contributed by atoms with van der Waals surface area (Å²) in [6.07, 6.45) is 1.71. The van der Waals surface area contributed by atoms with Gasteiger partial charge in [0.15, 0.2) is 5.82 Å². The number of hydrogen-bond acceptors (Lipinski definition) is 5. The molecule has 0 bridgehead atoms. The first-order chi connectivity index (χ1) is 12.7. The molecule has 2 aromatic heterocycles. The van der Waals surface area contributed by atoms with E-state index in [1.54, 1.807) is 24.4 Å². The van der Waals surface area contributed by atoms with E-state index in [-0.39, 0.29) is 0 Å². The van der Waals surface area contributed by atoms with Gasteiger partial charge in [-0.25, -0.2) is 9.78 Å². The van der Waals surface area contributed by atoms with Gasteiger partial charge in [-0.05, 0) is 30.3 Å². The minimum Gasteiger partial charge on any atom is -0.487 e. The highest BCUT2D eigenvalue weighted by Gasteiger charge is 2.14. The highest BCUT2D eigenvalue weighted by molar-refractivity contribution is 5.98. The van der Waals surface area contributed by atoms with Crippen LogP contribution in [0.5, 0.6) is 5.75 Å². The number of aromatic nitrogens is 4. The largest absolute Gasteiger partial charge is 0.487 e. The van der Waals surface area contributed by atoms with Crippen LogP contribution in [-0.2, 0) is 11.3 Å². The summed E-state index contributed by atoms with van der Waals surface area (Å²) in [5, 5.41) is 8.05. The van der Waals surface area contributed by atoms with Crippen LogP contribution in [0.15, 0.2) is 54.7 Å². The van der Waals surface area contributed by atoms with E-state index in [0.29, 0.717) is 23.7 Å². The van der Waals surface area contributed by atoms with Gasteiger partial charge in [-0.2, -0.15) is 5.10 Å². The second-order valence-electron chi connectivity index (χ2n) is 5.68. The third-order valence-corrected chi connectivity index (χ3v) is 3.97. The lowest BCUT2D eigenvalue weighted by Gasteiger charge is -2.03. The molecule has 0 atom stereocenters. The maximum atomic E-state index is 11.8. The molecule has 2 aromatic carbocycles. The first-order valence-corrected chi connectivity index (χ1v) is 8.03. The number of ether oxygens (including phenoxy) is 2. The van der Waals surface area contributed by atoms with Gasteiger partial charge in [0.25, 0.3) is 0 Å².